The van der Waals surface area contributed by atoms with Crippen molar-refractivity contribution in [2.24, 2.45) is 4.99 Å². The molecule has 0 saturated heterocycles. The first kappa shape index (κ1) is 18.9. The smallest absolute Gasteiger partial charge is 0.162 e. The standard InChI is InChI=1S/C23H24N4O2/c1-14(16-6-5-7-17(10-16)18-8-9-24-13-18)25-23-19-11-21(28-3)22(29-4)12-20(19)26-15(2)27-23/h5-8,10-14H,9H2,1-4H3,(H,25,26,27)/t14-/m1/s1. The van der Waals surface area contributed by atoms with E-state index in [2.05, 4.69) is 57.5 Å². The van der Waals surface area contributed by atoms with Gasteiger partial charge in [0.15, 0.2) is 11.5 Å². The van der Waals surface area contributed by atoms with Crippen LogP contribution in [0.15, 0.2) is 47.5 Å². The summed E-state index contributed by atoms with van der Waals surface area (Å²) < 4.78 is 10.9. The van der Waals surface area contributed by atoms with Crippen molar-refractivity contribution in [1.29, 1.82) is 0 Å². The van der Waals surface area contributed by atoms with Crippen molar-refractivity contribution < 1.29 is 9.47 Å². The Kier molecular flexibility index (Phi) is 5.16. The molecule has 4 rings (SSSR count). The van der Waals surface area contributed by atoms with E-state index in [0.29, 0.717) is 17.3 Å². The summed E-state index contributed by atoms with van der Waals surface area (Å²) in [5.74, 6) is 2.77. The Balaban J connectivity index is 1.70. The number of ether oxygens (including phenoxy) is 2. The number of aromatic nitrogens is 2. The average molecular weight is 388 g/mol. The summed E-state index contributed by atoms with van der Waals surface area (Å²) in [6, 6.07) is 12.4. The van der Waals surface area contributed by atoms with E-state index in [1.807, 2.05) is 25.3 Å². The molecule has 1 aromatic heterocycles. The molecule has 0 saturated carbocycles. The summed E-state index contributed by atoms with van der Waals surface area (Å²) in [7, 11) is 3.25. The first-order valence-electron chi connectivity index (χ1n) is 9.56. The highest BCUT2D eigenvalue weighted by atomic mass is 16.5. The van der Waals surface area contributed by atoms with Crippen LogP contribution in [-0.4, -0.2) is 36.9 Å². The summed E-state index contributed by atoms with van der Waals surface area (Å²) in [5, 5.41) is 4.44. The van der Waals surface area contributed by atoms with E-state index in [1.165, 1.54) is 16.7 Å². The molecule has 3 aromatic rings. The Morgan fingerprint density at radius 3 is 2.55 bits per heavy atom. The summed E-state index contributed by atoms with van der Waals surface area (Å²) in [5.41, 5.74) is 4.33. The number of benzene rings is 2. The van der Waals surface area contributed by atoms with E-state index < -0.39 is 0 Å². The monoisotopic (exact) mass is 388 g/mol. The van der Waals surface area contributed by atoms with Gasteiger partial charge in [-0.2, -0.15) is 0 Å². The molecule has 1 N–H and O–H groups in total. The third-order valence-electron chi connectivity index (χ3n) is 5.03. The predicted molar refractivity (Wildman–Crippen MR) is 117 cm³/mol. The van der Waals surface area contributed by atoms with Gasteiger partial charge >= 0.3 is 0 Å². The van der Waals surface area contributed by atoms with Crippen LogP contribution < -0.4 is 14.8 Å². The van der Waals surface area contributed by atoms with Crippen LogP contribution in [0, 0.1) is 6.92 Å². The number of methoxy groups -OCH3 is 2. The Morgan fingerprint density at radius 1 is 1.03 bits per heavy atom. The van der Waals surface area contributed by atoms with Crippen molar-refractivity contribution in [3.8, 4) is 11.5 Å². The van der Waals surface area contributed by atoms with Crippen LogP contribution in [0.1, 0.15) is 29.9 Å². The number of anilines is 1. The molecular formula is C23H24N4O2. The lowest BCUT2D eigenvalue weighted by molar-refractivity contribution is 0.356. The molecule has 2 aromatic carbocycles. The van der Waals surface area contributed by atoms with Crippen molar-refractivity contribution in [2.45, 2.75) is 19.9 Å². The SMILES string of the molecule is COc1cc2nc(C)nc(N[C@H](C)c3cccc(C4=CCN=C4)c3)c2cc1OC. The molecular weight excluding hydrogens is 364 g/mol. The van der Waals surface area contributed by atoms with Crippen LogP contribution in [0.4, 0.5) is 5.82 Å². The highest BCUT2D eigenvalue weighted by Gasteiger charge is 2.15. The quantitative estimate of drug-likeness (QED) is 0.669. The van der Waals surface area contributed by atoms with Crippen molar-refractivity contribution in [2.75, 3.05) is 26.1 Å². The molecule has 6 heteroatoms. The molecule has 2 heterocycles. The van der Waals surface area contributed by atoms with Crippen LogP contribution in [0.25, 0.3) is 16.5 Å². The van der Waals surface area contributed by atoms with Crippen LogP contribution >= 0.6 is 0 Å². The number of fused-ring (bicyclic) bond motifs is 1. The summed E-state index contributed by atoms with van der Waals surface area (Å²) in [6.07, 6.45) is 4.07. The van der Waals surface area contributed by atoms with Gasteiger partial charge in [-0.1, -0.05) is 24.3 Å². The summed E-state index contributed by atoms with van der Waals surface area (Å²) in [4.78, 5) is 13.5. The Labute approximate surface area is 170 Å². The van der Waals surface area contributed by atoms with Crippen LogP contribution in [0.5, 0.6) is 11.5 Å². The van der Waals surface area contributed by atoms with Crippen molar-refractivity contribution in [1.82, 2.24) is 9.97 Å². The molecule has 0 unspecified atom stereocenters. The first-order valence-corrected chi connectivity index (χ1v) is 9.56. The minimum Gasteiger partial charge on any atom is -0.493 e. The molecule has 1 aliphatic rings. The predicted octanol–water partition coefficient (Wildman–Crippen LogP) is 4.60. The molecule has 0 fully saturated rings. The Hall–Kier alpha value is -3.41. The lowest BCUT2D eigenvalue weighted by Crippen LogP contribution is -2.10. The minimum atomic E-state index is 0.0551. The maximum absolute atomic E-state index is 5.46. The zero-order chi connectivity index (χ0) is 20.4. The highest BCUT2D eigenvalue weighted by Crippen LogP contribution is 2.35. The number of nitrogens with one attached hydrogen (secondary N) is 1. The van der Waals surface area contributed by atoms with E-state index >= 15 is 0 Å². The molecule has 148 valence electrons. The zero-order valence-corrected chi connectivity index (χ0v) is 17.1. The molecule has 1 aliphatic heterocycles. The maximum Gasteiger partial charge on any atom is 0.162 e. The van der Waals surface area contributed by atoms with Gasteiger partial charge in [0.05, 0.1) is 26.3 Å². The zero-order valence-electron chi connectivity index (χ0n) is 17.1. The van der Waals surface area contributed by atoms with Gasteiger partial charge in [0.2, 0.25) is 0 Å². The normalized spacial score (nSPS) is 14.0. The number of allylic oxidation sites excluding steroid dienone is 1. The lowest BCUT2D eigenvalue weighted by atomic mass is 10.0. The topological polar surface area (TPSA) is 68.6 Å². The van der Waals surface area contributed by atoms with E-state index in [0.717, 1.165) is 23.3 Å². The van der Waals surface area contributed by atoms with Crippen molar-refractivity contribution in [3.63, 3.8) is 0 Å². The highest BCUT2D eigenvalue weighted by molar-refractivity contribution is 6.11. The molecule has 0 aliphatic carbocycles. The Morgan fingerprint density at radius 2 is 1.83 bits per heavy atom. The first-order chi connectivity index (χ1) is 14.1. The number of aryl methyl sites for hydroxylation is 1. The van der Waals surface area contributed by atoms with Gasteiger partial charge in [-0.3, -0.25) is 4.99 Å². The molecule has 1 atom stereocenters. The van der Waals surface area contributed by atoms with Gasteiger partial charge in [-0.15, -0.1) is 0 Å². The fourth-order valence-corrected chi connectivity index (χ4v) is 3.50. The van der Waals surface area contributed by atoms with Gasteiger partial charge in [0, 0.05) is 23.7 Å². The molecule has 6 nitrogen and oxygen atoms in total. The molecule has 0 spiro atoms. The van der Waals surface area contributed by atoms with E-state index in [4.69, 9.17) is 9.47 Å². The fourth-order valence-electron chi connectivity index (χ4n) is 3.50. The number of hydrogen-bond acceptors (Lipinski definition) is 6. The van der Waals surface area contributed by atoms with E-state index in [9.17, 15) is 0 Å². The molecule has 0 bridgehead atoms. The van der Waals surface area contributed by atoms with Gasteiger partial charge in [-0.25, -0.2) is 9.97 Å². The largest absolute Gasteiger partial charge is 0.493 e. The fraction of sp³-hybridized carbons (Fsp3) is 0.261. The second kappa shape index (κ2) is 7.91. The third-order valence-corrected chi connectivity index (χ3v) is 5.03. The number of hydrogen-bond donors (Lipinski definition) is 1. The minimum absolute atomic E-state index is 0.0551. The van der Waals surface area contributed by atoms with Gasteiger partial charge < -0.3 is 14.8 Å². The average Bonchev–Trinajstić information content (AvgIpc) is 3.27. The Bertz CT molecular complexity index is 1120. The van der Waals surface area contributed by atoms with Crippen molar-refractivity contribution >= 4 is 28.5 Å². The van der Waals surface area contributed by atoms with Gasteiger partial charge in [0.25, 0.3) is 0 Å². The number of nitrogens with zero attached hydrogens (tertiary/aromatic N) is 3. The third kappa shape index (κ3) is 3.78. The van der Waals surface area contributed by atoms with Crippen molar-refractivity contribution in [3.05, 3.63) is 59.4 Å². The van der Waals surface area contributed by atoms with Crippen LogP contribution in [-0.2, 0) is 0 Å². The second-order valence-electron chi connectivity index (χ2n) is 6.99. The van der Waals surface area contributed by atoms with E-state index in [-0.39, 0.29) is 6.04 Å². The van der Waals surface area contributed by atoms with Crippen LogP contribution in [0.2, 0.25) is 0 Å². The second-order valence-corrected chi connectivity index (χ2v) is 6.99. The number of aliphatic imine (C=N–C) groups is 1. The maximum atomic E-state index is 5.46. The number of rotatable bonds is 6. The lowest BCUT2D eigenvalue weighted by Gasteiger charge is -2.18. The molecule has 0 radical (unpaired) electrons. The van der Waals surface area contributed by atoms with Gasteiger partial charge in [0.1, 0.15) is 11.6 Å². The van der Waals surface area contributed by atoms with E-state index in [1.54, 1.807) is 14.2 Å². The molecule has 29 heavy (non-hydrogen) atoms. The van der Waals surface area contributed by atoms with Crippen LogP contribution in [0.3, 0.4) is 0 Å². The van der Waals surface area contributed by atoms with Gasteiger partial charge in [-0.05, 0) is 42.7 Å². The summed E-state index contributed by atoms with van der Waals surface area (Å²) >= 11 is 0. The summed E-state index contributed by atoms with van der Waals surface area (Å²) in [6.45, 7) is 4.77. The molecule has 0 amide bonds.